The molecule has 0 aromatic carbocycles. The maximum Gasteiger partial charge on any atom is 0.220 e. The minimum atomic E-state index is -0.690. The van der Waals surface area contributed by atoms with Gasteiger partial charge in [-0.3, -0.25) is 4.79 Å². The van der Waals surface area contributed by atoms with Crippen LogP contribution in [0.1, 0.15) is 39.5 Å². The monoisotopic (exact) mass is 171 g/mol. The van der Waals surface area contributed by atoms with Gasteiger partial charge in [-0.25, -0.2) is 0 Å². The van der Waals surface area contributed by atoms with Crippen LogP contribution >= 0.6 is 0 Å². The summed E-state index contributed by atoms with van der Waals surface area (Å²) >= 11 is 0. The van der Waals surface area contributed by atoms with Gasteiger partial charge in [0, 0.05) is 6.42 Å². The Balaban J connectivity index is 2.47. The lowest BCUT2D eigenvalue weighted by molar-refractivity contribution is -0.123. The molecule has 2 N–H and O–H groups in total. The number of aliphatic hydroxyl groups is 1. The molecule has 1 amide bonds. The topological polar surface area (TPSA) is 49.3 Å². The maximum absolute atomic E-state index is 11.0. The Morgan fingerprint density at radius 2 is 2.42 bits per heavy atom. The summed E-state index contributed by atoms with van der Waals surface area (Å²) in [6.45, 7) is 3.61. The van der Waals surface area contributed by atoms with Crippen LogP contribution < -0.4 is 5.32 Å². The summed E-state index contributed by atoms with van der Waals surface area (Å²) in [4.78, 5) is 11.0. The van der Waals surface area contributed by atoms with Gasteiger partial charge >= 0.3 is 0 Å². The SMILES string of the molecule is CCC(=O)N[C@H]1CCC[C@]1(C)O. The number of hydrogen-bond donors (Lipinski definition) is 2. The molecular formula is C9H17NO2. The van der Waals surface area contributed by atoms with Crippen molar-refractivity contribution in [2.45, 2.75) is 51.2 Å². The highest BCUT2D eigenvalue weighted by atomic mass is 16.3. The van der Waals surface area contributed by atoms with Crippen LogP contribution in [0.3, 0.4) is 0 Å². The van der Waals surface area contributed by atoms with Gasteiger partial charge in [0.1, 0.15) is 0 Å². The van der Waals surface area contributed by atoms with E-state index < -0.39 is 5.60 Å². The third-order valence-corrected chi connectivity index (χ3v) is 2.58. The number of nitrogens with one attached hydrogen (secondary N) is 1. The second-order valence-corrected chi connectivity index (χ2v) is 3.72. The molecule has 0 aliphatic heterocycles. The smallest absolute Gasteiger partial charge is 0.220 e. The molecule has 70 valence electrons. The normalized spacial score (nSPS) is 35.1. The van der Waals surface area contributed by atoms with Crippen LogP contribution in [0, 0.1) is 0 Å². The molecule has 0 unspecified atom stereocenters. The maximum atomic E-state index is 11.0. The number of hydrogen-bond acceptors (Lipinski definition) is 2. The highest BCUT2D eigenvalue weighted by Crippen LogP contribution is 2.29. The Morgan fingerprint density at radius 3 is 2.83 bits per heavy atom. The van der Waals surface area contributed by atoms with Crippen LogP contribution in [0.5, 0.6) is 0 Å². The van der Waals surface area contributed by atoms with Gasteiger partial charge in [-0.1, -0.05) is 6.92 Å². The van der Waals surface area contributed by atoms with Crippen molar-refractivity contribution >= 4 is 5.91 Å². The van der Waals surface area contributed by atoms with Crippen molar-refractivity contribution < 1.29 is 9.90 Å². The van der Waals surface area contributed by atoms with Crippen LogP contribution in [-0.4, -0.2) is 22.7 Å². The summed E-state index contributed by atoms with van der Waals surface area (Å²) in [5, 5.41) is 12.6. The first kappa shape index (κ1) is 9.52. The lowest BCUT2D eigenvalue weighted by Crippen LogP contribution is -2.46. The van der Waals surface area contributed by atoms with Crippen molar-refractivity contribution in [3.05, 3.63) is 0 Å². The molecule has 0 spiro atoms. The summed E-state index contributed by atoms with van der Waals surface area (Å²) in [5.41, 5.74) is -0.690. The second kappa shape index (κ2) is 3.44. The first-order valence-corrected chi connectivity index (χ1v) is 4.58. The van der Waals surface area contributed by atoms with Gasteiger partial charge in [-0.05, 0) is 26.2 Å². The Bertz CT molecular complexity index is 177. The third kappa shape index (κ3) is 1.97. The molecule has 1 aliphatic carbocycles. The zero-order chi connectivity index (χ0) is 9.19. The van der Waals surface area contributed by atoms with E-state index in [1.165, 1.54) is 0 Å². The van der Waals surface area contributed by atoms with Gasteiger partial charge in [-0.2, -0.15) is 0 Å². The number of rotatable bonds is 2. The first-order valence-electron chi connectivity index (χ1n) is 4.58. The van der Waals surface area contributed by atoms with Crippen molar-refractivity contribution in [2.24, 2.45) is 0 Å². The van der Waals surface area contributed by atoms with Crippen molar-refractivity contribution in [3.8, 4) is 0 Å². The average molecular weight is 171 g/mol. The van der Waals surface area contributed by atoms with E-state index in [-0.39, 0.29) is 11.9 Å². The number of carbonyl (C=O) groups is 1. The standard InChI is InChI=1S/C9H17NO2/c1-3-8(11)10-7-5-4-6-9(7,2)12/h7,12H,3-6H2,1-2H3,(H,10,11)/t7-,9-/m0/s1. The average Bonchev–Trinajstić information content (AvgIpc) is 2.31. The summed E-state index contributed by atoms with van der Waals surface area (Å²) in [7, 11) is 0. The molecule has 0 bridgehead atoms. The lowest BCUT2D eigenvalue weighted by atomic mass is 10.0. The minimum Gasteiger partial charge on any atom is -0.388 e. The van der Waals surface area contributed by atoms with Crippen LogP contribution in [0.4, 0.5) is 0 Å². The van der Waals surface area contributed by atoms with E-state index in [4.69, 9.17) is 0 Å². The van der Waals surface area contributed by atoms with Gasteiger partial charge in [0.05, 0.1) is 11.6 Å². The summed E-state index contributed by atoms with van der Waals surface area (Å²) in [6.07, 6.45) is 3.19. The molecule has 0 saturated heterocycles. The molecular weight excluding hydrogens is 154 g/mol. The van der Waals surface area contributed by atoms with Gasteiger partial charge in [0.25, 0.3) is 0 Å². The fourth-order valence-electron chi connectivity index (χ4n) is 1.67. The predicted octanol–water partition coefficient (Wildman–Crippen LogP) is 0.816. The molecule has 0 aromatic rings. The molecule has 0 heterocycles. The summed E-state index contributed by atoms with van der Waals surface area (Å²) < 4.78 is 0. The Kier molecular flexibility index (Phi) is 2.73. The van der Waals surface area contributed by atoms with Crippen molar-refractivity contribution in [3.63, 3.8) is 0 Å². The minimum absolute atomic E-state index is 0.0298. The van der Waals surface area contributed by atoms with E-state index in [0.29, 0.717) is 6.42 Å². The number of carbonyl (C=O) groups excluding carboxylic acids is 1. The largest absolute Gasteiger partial charge is 0.388 e. The van der Waals surface area contributed by atoms with E-state index in [1.54, 1.807) is 6.92 Å². The summed E-state index contributed by atoms with van der Waals surface area (Å²) in [5.74, 6) is 0.0298. The van der Waals surface area contributed by atoms with Crippen LogP contribution in [0.25, 0.3) is 0 Å². The summed E-state index contributed by atoms with van der Waals surface area (Å²) in [6, 6.07) is -0.0371. The molecule has 12 heavy (non-hydrogen) atoms. The molecule has 1 saturated carbocycles. The fourth-order valence-corrected chi connectivity index (χ4v) is 1.67. The van der Waals surface area contributed by atoms with E-state index in [2.05, 4.69) is 5.32 Å². The van der Waals surface area contributed by atoms with Crippen LogP contribution in [0.2, 0.25) is 0 Å². The lowest BCUT2D eigenvalue weighted by Gasteiger charge is -2.26. The predicted molar refractivity (Wildman–Crippen MR) is 46.7 cm³/mol. The highest BCUT2D eigenvalue weighted by molar-refractivity contribution is 5.76. The molecule has 1 aliphatic rings. The van der Waals surface area contributed by atoms with E-state index in [9.17, 15) is 9.90 Å². The number of amides is 1. The Labute approximate surface area is 73.2 Å². The zero-order valence-corrected chi connectivity index (χ0v) is 7.76. The Hall–Kier alpha value is -0.570. The van der Waals surface area contributed by atoms with Crippen molar-refractivity contribution in [2.75, 3.05) is 0 Å². The molecule has 2 atom stereocenters. The third-order valence-electron chi connectivity index (χ3n) is 2.58. The van der Waals surface area contributed by atoms with E-state index in [0.717, 1.165) is 19.3 Å². The second-order valence-electron chi connectivity index (χ2n) is 3.72. The molecule has 0 radical (unpaired) electrons. The quantitative estimate of drug-likeness (QED) is 0.646. The first-order chi connectivity index (χ1) is 5.56. The molecule has 0 aromatic heterocycles. The van der Waals surface area contributed by atoms with Gasteiger partial charge in [-0.15, -0.1) is 0 Å². The molecule has 1 rings (SSSR count). The van der Waals surface area contributed by atoms with Gasteiger partial charge in [0.15, 0.2) is 0 Å². The van der Waals surface area contributed by atoms with Gasteiger partial charge in [0.2, 0.25) is 5.91 Å². The van der Waals surface area contributed by atoms with Gasteiger partial charge < -0.3 is 10.4 Å². The van der Waals surface area contributed by atoms with Crippen molar-refractivity contribution in [1.82, 2.24) is 5.32 Å². The van der Waals surface area contributed by atoms with Crippen molar-refractivity contribution in [1.29, 1.82) is 0 Å². The van der Waals surface area contributed by atoms with E-state index in [1.807, 2.05) is 6.92 Å². The molecule has 3 nitrogen and oxygen atoms in total. The Morgan fingerprint density at radius 1 is 1.75 bits per heavy atom. The van der Waals surface area contributed by atoms with Crippen LogP contribution in [0.15, 0.2) is 0 Å². The van der Waals surface area contributed by atoms with Crippen LogP contribution in [-0.2, 0) is 4.79 Å². The molecule has 1 fully saturated rings. The zero-order valence-electron chi connectivity index (χ0n) is 7.76. The van der Waals surface area contributed by atoms with E-state index >= 15 is 0 Å². The fraction of sp³-hybridized carbons (Fsp3) is 0.889. The highest BCUT2D eigenvalue weighted by Gasteiger charge is 2.37. The molecule has 3 heteroatoms.